The van der Waals surface area contributed by atoms with Gasteiger partial charge in [-0.2, -0.15) is 0 Å². The highest BCUT2D eigenvalue weighted by Crippen LogP contribution is 2.24. The Kier molecular flexibility index (Phi) is 4.62. The number of halogens is 1. The Morgan fingerprint density at radius 3 is 2.48 bits per heavy atom. The van der Waals surface area contributed by atoms with Gasteiger partial charge >= 0.3 is 5.97 Å². The third kappa shape index (κ3) is 3.60. The first-order valence-corrected chi connectivity index (χ1v) is 7.38. The first-order valence-electron chi connectivity index (χ1n) is 6.30. The predicted octanol–water partition coefficient (Wildman–Crippen LogP) is 3.86. The first-order chi connectivity index (χ1) is 9.88. The summed E-state index contributed by atoms with van der Waals surface area (Å²) >= 11 is 2.12. The lowest BCUT2D eigenvalue weighted by molar-refractivity contribution is 0.0698. The van der Waals surface area contributed by atoms with Crippen molar-refractivity contribution in [3.05, 3.63) is 62.2 Å². The normalized spacial score (nSPS) is 10.2. The van der Waals surface area contributed by atoms with Crippen molar-refractivity contribution < 1.29 is 14.7 Å². The van der Waals surface area contributed by atoms with Gasteiger partial charge in [0, 0.05) is 9.13 Å². The zero-order chi connectivity index (χ0) is 15.6. The van der Waals surface area contributed by atoms with Crippen LogP contribution in [0.5, 0.6) is 0 Å². The highest BCUT2D eigenvalue weighted by atomic mass is 127. The molecule has 0 aliphatic heterocycles. The van der Waals surface area contributed by atoms with Gasteiger partial charge in [-0.1, -0.05) is 12.1 Å². The summed E-state index contributed by atoms with van der Waals surface area (Å²) in [5.41, 5.74) is 2.52. The van der Waals surface area contributed by atoms with E-state index >= 15 is 0 Å². The number of carboxylic acid groups (broad SMARTS) is 1. The van der Waals surface area contributed by atoms with Gasteiger partial charge in [-0.25, -0.2) is 4.79 Å². The summed E-state index contributed by atoms with van der Waals surface area (Å²) in [6.45, 7) is 3.61. The lowest BCUT2D eigenvalue weighted by Crippen LogP contribution is -2.16. The van der Waals surface area contributed by atoms with Crippen LogP contribution in [0, 0.1) is 17.4 Å². The Balaban J connectivity index is 2.39. The summed E-state index contributed by atoms with van der Waals surface area (Å²) in [7, 11) is 0. The number of benzene rings is 2. The molecule has 0 unspecified atom stereocenters. The van der Waals surface area contributed by atoms with Gasteiger partial charge in [0.25, 0.3) is 5.91 Å². The van der Waals surface area contributed by atoms with Crippen LogP contribution in [0.3, 0.4) is 0 Å². The number of nitrogens with one attached hydrogen (secondary N) is 1. The molecule has 0 aliphatic carbocycles. The van der Waals surface area contributed by atoms with Crippen LogP contribution in [0.2, 0.25) is 0 Å². The number of carbonyl (C=O) groups is 2. The number of hydrogen-bond acceptors (Lipinski definition) is 2. The van der Waals surface area contributed by atoms with Crippen molar-refractivity contribution in [1.29, 1.82) is 0 Å². The Morgan fingerprint density at radius 1 is 1.14 bits per heavy atom. The third-order valence-electron chi connectivity index (χ3n) is 3.04. The number of aryl methyl sites for hydroxylation is 2. The second-order valence-corrected chi connectivity index (χ2v) is 6.02. The second kappa shape index (κ2) is 6.26. The largest absolute Gasteiger partial charge is 0.478 e. The summed E-state index contributed by atoms with van der Waals surface area (Å²) in [5.74, 6) is -1.37. The molecule has 0 radical (unpaired) electrons. The van der Waals surface area contributed by atoms with E-state index in [1.165, 1.54) is 0 Å². The van der Waals surface area contributed by atoms with E-state index in [9.17, 15) is 14.7 Å². The van der Waals surface area contributed by atoms with Crippen molar-refractivity contribution in [3.63, 3.8) is 0 Å². The molecule has 0 saturated heterocycles. The van der Waals surface area contributed by atoms with Gasteiger partial charge in [-0.05, 0) is 71.8 Å². The Morgan fingerprint density at radius 2 is 1.86 bits per heavy atom. The minimum absolute atomic E-state index is 0.103. The van der Waals surface area contributed by atoms with E-state index < -0.39 is 5.97 Å². The average molecular weight is 395 g/mol. The lowest BCUT2D eigenvalue weighted by atomic mass is 10.0. The van der Waals surface area contributed by atoms with Gasteiger partial charge in [0.1, 0.15) is 0 Å². The molecule has 108 valence electrons. The van der Waals surface area contributed by atoms with Crippen LogP contribution in [0.4, 0.5) is 5.69 Å². The van der Waals surface area contributed by atoms with Crippen LogP contribution in [-0.4, -0.2) is 17.0 Å². The van der Waals surface area contributed by atoms with Crippen LogP contribution in [0.15, 0.2) is 36.4 Å². The zero-order valence-electron chi connectivity index (χ0n) is 11.6. The lowest BCUT2D eigenvalue weighted by Gasteiger charge is -2.13. The molecule has 0 bridgehead atoms. The van der Waals surface area contributed by atoms with Gasteiger partial charge in [-0.3, -0.25) is 4.79 Å². The molecule has 0 spiro atoms. The smallest absolute Gasteiger partial charge is 0.337 e. The summed E-state index contributed by atoms with van der Waals surface area (Å²) in [6, 6.07) is 10.5. The van der Waals surface area contributed by atoms with Crippen LogP contribution in [0.1, 0.15) is 31.8 Å². The summed E-state index contributed by atoms with van der Waals surface area (Å²) < 4.78 is 0.944. The molecule has 1 amide bonds. The quantitative estimate of drug-likeness (QED) is 0.776. The Bertz CT molecular complexity index is 725. The minimum Gasteiger partial charge on any atom is -0.478 e. The molecule has 2 N–H and O–H groups in total. The van der Waals surface area contributed by atoms with E-state index in [1.54, 1.807) is 31.2 Å². The molecule has 5 heteroatoms. The molecule has 21 heavy (non-hydrogen) atoms. The molecule has 2 rings (SSSR count). The number of aromatic carboxylic acids is 1. The number of hydrogen-bond donors (Lipinski definition) is 2. The second-order valence-electron chi connectivity index (χ2n) is 4.77. The zero-order valence-corrected chi connectivity index (χ0v) is 13.8. The van der Waals surface area contributed by atoms with E-state index in [4.69, 9.17) is 0 Å². The van der Waals surface area contributed by atoms with Crippen molar-refractivity contribution in [2.24, 2.45) is 0 Å². The van der Waals surface area contributed by atoms with Crippen molar-refractivity contribution >= 4 is 40.2 Å². The predicted molar refractivity (Wildman–Crippen MR) is 90.0 cm³/mol. The van der Waals surface area contributed by atoms with Gasteiger partial charge in [0.15, 0.2) is 0 Å². The maximum atomic E-state index is 12.3. The average Bonchev–Trinajstić information content (AvgIpc) is 2.41. The number of anilines is 1. The molecule has 0 saturated carbocycles. The van der Waals surface area contributed by atoms with E-state index in [0.29, 0.717) is 11.3 Å². The molecule has 2 aromatic carbocycles. The van der Waals surface area contributed by atoms with Crippen LogP contribution in [0.25, 0.3) is 0 Å². The molecule has 0 fully saturated rings. The van der Waals surface area contributed by atoms with E-state index in [1.807, 2.05) is 19.1 Å². The van der Waals surface area contributed by atoms with Crippen molar-refractivity contribution in [2.45, 2.75) is 13.8 Å². The topological polar surface area (TPSA) is 66.4 Å². The number of amides is 1. The summed E-state index contributed by atoms with van der Waals surface area (Å²) in [4.78, 5) is 23.6. The van der Waals surface area contributed by atoms with Crippen LogP contribution < -0.4 is 5.32 Å². The van der Waals surface area contributed by atoms with Gasteiger partial charge < -0.3 is 10.4 Å². The number of carboxylic acids is 1. The number of carbonyl (C=O) groups excluding carboxylic acids is 1. The molecule has 0 heterocycles. The van der Waals surface area contributed by atoms with E-state index in [-0.39, 0.29) is 11.5 Å². The fourth-order valence-corrected chi connectivity index (χ4v) is 2.66. The highest BCUT2D eigenvalue weighted by Gasteiger charge is 2.16. The molecular weight excluding hydrogens is 381 g/mol. The van der Waals surface area contributed by atoms with Gasteiger partial charge in [-0.15, -0.1) is 0 Å². The van der Waals surface area contributed by atoms with Crippen LogP contribution >= 0.6 is 22.6 Å². The SMILES string of the molecule is Cc1cc(C)c(NC(=O)c2cccc(I)c2)c(C(=O)O)c1. The van der Waals surface area contributed by atoms with E-state index in [0.717, 1.165) is 14.7 Å². The molecule has 0 aromatic heterocycles. The summed E-state index contributed by atoms with van der Waals surface area (Å²) in [6.07, 6.45) is 0. The maximum absolute atomic E-state index is 12.3. The fraction of sp³-hybridized carbons (Fsp3) is 0.125. The van der Waals surface area contributed by atoms with Gasteiger partial charge in [0.05, 0.1) is 11.3 Å². The molecule has 0 atom stereocenters. The molecule has 2 aromatic rings. The maximum Gasteiger partial charge on any atom is 0.337 e. The van der Waals surface area contributed by atoms with Crippen molar-refractivity contribution in [1.82, 2.24) is 0 Å². The van der Waals surface area contributed by atoms with Crippen molar-refractivity contribution in [2.75, 3.05) is 5.32 Å². The third-order valence-corrected chi connectivity index (χ3v) is 3.71. The fourth-order valence-electron chi connectivity index (χ4n) is 2.12. The Hall–Kier alpha value is -1.89. The van der Waals surface area contributed by atoms with E-state index in [2.05, 4.69) is 27.9 Å². The van der Waals surface area contributed by atoms with Crippen molar-refractivity contribution in [3.8, 4) is 0 Å². The number of rotatable bonds is 3. The first kappa shape index (κ1) is 15.5. The molecule has 4 nitrogen and oxygen atoms in total. The standard InChI is InChI=1S/C16H14INO3/c1-9-6-10(2)14(13(7-9)16(20)21)18-15(19)11-4-3-5-12(17)8-11/h3-8H,1-2H3,(H,18,19)(H,20,21). The molecule has 0 aliphatic rings. The van der Waals surface area contributed by atoms with Crippen LogP contribution in [-0.2, 0) is 0 Å². The summed E-state index contributed by atoms with van der Waals surface area (Å²) in [5, 5.41) is 12.0. The highest BCUT2D eigenvalue weighted by molar-refractivity contribution is 14.1. The molecular formula is C16H14INO3. The monoisotopic (exact) mass is 395 g/mol. The Labute approximate surface area is 136 Å². The minimum atomic E-state index is -1.06. The van der Waals surface area contributed by atoms with Gasteiger partial charge in [0.2, 0.25) is 0 Å².